The molecule has 0 atom stereocenters. The average molecular weight is 349 g/mol. The maximum absolute atomic E-state index is 5.13. The van der Waals surface area contributed by atoms with Crippen molar-refractivity contribution in [1.82, 2.24) is 9.97 Å². The predicted octanol–water partition coefficient (Wildman–Crippen LogP) is 6.41. The fourth-order valence-corrected chi connectivity index (χ4v) is 3.86. The van der Waals surface area contributed by atoms with E-state index >= 15 is 0 Å². The van der Waals surface area contributed by atoms with Gasteiger partial charge in [0.2, 0.25) is 0 Å². The Morgan fingerprint density at radius 3 is 1.27 bits per heavy atom. The lowest BCUT2D eigenvalue weighted by Crippen LogP contribution is -2.06. The third kappa shape index (κ3) is 3.22. The van der Waals surface area contributed by atoms with E-state index in [9.17, 15) is 0 Å². The van der Waals surface area contributed by atoms with Gasteiger partial charge in [-0.15, -0.1) is 0 Å². The van der Waals surface area contributed by atoms with Crippen molar-refractivity contribution in [3.8, 4) is 0 Å². The molecule has 3 aromatic rings. The zero-order valence-corrected chi connectivity index (χ0v) is 17.6. The second-order valence-corrected chi connectivity index (χ2v) is 8.67. The molecule has 0 aliphatic rings. The van der Waals surface area contributed by atoms with Crippen LogP contribution >= 0.6 is 0 Å². The van der Waals surface area contributed by atoms with Crippen molar-refractivity contribution in [1.29, 1.82) is 0 Å². The van der Waals surface area contributed by atoms with Crippen LogP contribution in [-0.2, 0) is 12.8 Å². The van der Waals surface area contributed by atoms with Crippen molar-refractivity contribution in [3.63, 3.8) is 0 Å². The van der Waals surface area contributed by atoms with Gasteiger partial charge < -0.3 is 0 Å². The summed E-state index contributed by atoms with van der Waals surface area (Å²) >= 11 is 0. The van der Waals surface area contributed by atoms with Crippen molar-refractivity contribution in [2.75, 3.05) is 0 Å². The van der Waals surface area contributed by atoms with Crippen LogP contribution in [0.1, 0.15) is 61.3 Å². The van der Waals surface area contributed by atoms with Gasteiger partial charge >= 0.3 is 0 Å². The number of rotatable bonds is 4. The van der Waals surface area contributed by atoms with E-state index in [2.05, 4.69) is 67.5 Å². The Hall–Kier alpha value is -1.96. The molecular weight excluding hydrogens is 316 g/mol. The molecule has 3 rings (SSSR count). The van der Waals surface area contributed by atoms with Gasteiger partial charge in [-0.2, -0.15) is 0 Å². The second-order valence-electron chi connectivity index (χ2n) is 8.67. The molecule has 26 heavy (non-hydrogen) atoms. The summed E-state index contributed by atoms with van der Waals surface area (Å²) in [7, 11) is 0. The number of aryl methyl sites for hydroxylation is 2. The summed E-state index contributed by atoms with van der Waals surface area (Å²) in [4.78, 5) is 10.3. The van der Waals surface area contributed by atoms with Crippen molar-refractivity contribution >= 4 is 21.8 Å². The summed E-state index contributed by atoms with van der Waals surface area (Å²) in [5.74, 6) is 1.20. The largest absolute Gasteiger partial charge is 0.250 e. The van der Waals surface area contributed by atoms with E-state index in [-0.39, 0.29) is 0 Å². The lowest BCUT2D eigenvalue weighted by molar-refractivity contribution is 0.632. The maximum Gasteiger partial charge on any atom is 0.0970 e. The van der Waals surface area contributed by atoms with Crippen LogP contribution in [0, 0.1) is 39.5 Å². The molecule has 0 amide bonds. The summed E-state index contributed by atoms with van der Waals surface area (Å²) in [5, 5.41) is 2.49. The van der Waals surface area contributed by atoms with Gasteiger partial charge in [0, 0.05) is 22.2 Å². The number of nitrogens with zero attached hydrogens (tertiary/aromatic N) is 2. The summed E-state index contributed by atoms with van der Waals surface area (Å²) < 4.78 is 0. The quantitative estimate of drug-likeness (QED) is 0.509. The Labute approximate surface area is 158 Å². The minimum Gasteiger partial charge on any atom is -0.250 e. The number of benzene rings is 1. The first kappa shape index (κ1) is 18.8. The molecule has 0 saturated carbocycles. The van der Waals surface area contributed by atoms with Gasteiger partial charge in [0.25, 0.3) is 0 Å². The first-order valence-corrected chi connectivity index (χ1v) is 9.89. The van der Waals surface area contributed by atoms with Crippen LogP contribution in [0.4, 0.5) is 0 Å². The number of fused-ring (bicyclic) bond motifs is 3. The molecule has 0 aliphatic heterocycles. The Kier molecular flexibility index (Phi) is 5.05. The molecule has 2 heteroatoms. The van der Waals surface area contributed by atoms with Gasteiger partial charge in [0.15, 0.2) is 0 Å². The Balaban J connectivity index is 2.39. The van der Waals surface area contributed by atoms with Crippen LogP contribution in [-0.4, -0.2) is 9.97 Å². The molecule has 138 valence electrons. The highest BCUT2D eigenvalue weighted by molar-refractivity contribution is 6.05. The van der Waals surface area contributed by atoms with E-state index < -0.39 is 0 Å². The summed E-state index contributed by atoms with van der Waals surface area (Å²) in [6.07, 6.45) is 2.03. The maximum atomic E-state index is 5.13. The zero-order chi connectivity index (χ0) is 19.2. The fourth-order valence-electron chi connectivity index (χ4n) is 3.86. The number of hydrogen-bond acceptors (Lipinski definition) is 2. The monoisotopic (exact) mass is 348 g/mol. The van der Waals surface area contributed by atoms with Gasteiger partial charge in [-0.25, -0.2) is 0 Å². The van der Waals surface area contributed by atoms with E-state index in [1.807, 2.05) is 0 Å². The van der Waals surface area contributed by atoms with Crippen molar-refractivity contribution in [2.45, 2.75) is 68.2 Å². The van der Waals surface area contributed by atoms with Gasteiger partial charge in [-0.3, -0.25) is 9.97 Å². The minimum atomic E-state index is 0.599. The first-order valence-electron chi connectivity index (χ1n) is 9.89. The molecule has 2 aromatic heterocycles. The van der Waals surface area contributed by atoms with E-state index in [4.69, 9.17) is 9.97 Å². The topological polar surface area (TPSA) is 25.8 Å². The molecule has 0 aliphatic carbocycles. The molecule has 0 N–H and O–H groups in total. The van der Waals surface area contributed by atoms with Crippen LogP contribution in [0.15, 0.2) is 12.1 Å². The molecule has 0 bridgehead atoms. The van der Waals surface area contributed by atoms with Gasteiger partial charge in [-0.1, -0.05) is 39.8 Å². The van der Waals surface area contributed by atoms with E-state index in [1.54, 1.807) is 0 Å². The lowest BCUT2D eigenvalue weighted by atomic mass is 9.94. The van der Waals surface area contributed by atoms with E-state index in [0.29, 0.717) is 11.8 Å². The lowest BCUT2D eigenvalue weighted by Gasteiger charge is -2.17. The molecule has 0 unspecified atom stereocenters. The summed E-state index contributed by atoms with van der Waals surface area (Å²) in [6.45, 7) is 17.9. The van der Waals surface area contributed by atoms with Crippen LogP contribution in [0.25, 0.3) is 21.8 Å². The second kappa shape index (κ2) is 6.98. The smallest absolute Gasteiger partial charge is 0.0970 e. The Morgan fingerprint density at radius 1 is 0.615 bits per heavy atom. The molecule has 2 heterocycles. The molecule has 1 aromatic carbocycles. The van der Waals surface area contributed by atoms with Crippen molar-refractivity contribution in [3.05, 3.63) is 45.8 Å². The van der Waals surface area contributed by atoms with Gasteiger partial charge in [0.1, 0.15) is 0 Å². The fraction of sp³-hybridized carbons (Fsp3) is 0.500. The van der Waals surface area contributed by atoms with E-state index in [1.165, 1.54) is 44.4 Å². The zero-order valence-electron chi connectivity index (χ0n) is 17.6. The first-order chi connectivity index (χ1) is 12.2. The Bertz CT molecular complexity index is 900. The standard InChI is InChI=1S/C24H32N2/c1-13(2)11-21-17(7)15(5)19-9-10-20-16(6)18(8)22(12-14(3)4)26-24(20)23(19)25-21/h9-10,13-14H,11-12H2,1-8H3. The Morgan fingerprint density at radius 2 is 0.962 bits per heavy atom. The number of hydrogen-bond donors (Lipinski definition) is 0. The predicted molar refractivity (Wildman–Crippen MR) is 113 cm³/mol. The highest BCUT2D eigenvalue weighted by atomic mass is 14.8. The van der Waals surface area contributed by atoms with Gasteiger partial charge in [0.05, 0.1) is 11.0 Å². The highest BCUT2D eigenvalue weighted by Gasteiger charge is 2.16. The molecule has 0 fully saturated rings. The SMILES string of the molecule is Cc1c(CC(C)C)nc2c(ccc3c(C)c(C)c(CC(C)C)nc32)c1C. The molecule has 0 saturated heterocycles. The highest BCUT2D eigenvalue weighted by Crippen LogP contribution is 2.32. The van der Waals surface area contributed by atoms with Crippen LogP contribution in [0.3, 0.4) is 0 Å². The summed E-state index contributed by atoms with van der Waals surface area (Å²) in [6, 6.07) is 4.48. The molecular formula is C24H32N2. The third-order valence-corrected chi connectivity index (χ3v) is 5.65. The number of pyridine rings is 2. The normalized spacial score (nSPS) is 12.1. The van der Waals surface area contributed by atoms with Crippen LogP contribution in [0.5, 0.6) is 0 Å². The minimum absolute atomic E-state index is 0.599. The van der Waals surface area contributed by atoms with Crippen LogP contribution in [0.2, 0.25) is 0 Å². The van der Waals surface area contributed by atoms with Crippen molar-refractivity contribution < 1.29 is 0 Å². The van der Waals surface area contributed by atoms with Crippen LogP contribution < -0.4 is 0 Å². The third-order valence-electron chi connectivity index (χ3n) is 5.65. The molecule has 0 spiro atoms. The van der Waals surface area contributed by atoms with Gasteiger partial charge in [-0.05, 0) is 74.6 Å². The van der Waals surface area contributed by atoms with Crippen molar-refractivity contribution in [2.24, 2.45) is 11.8 Å². The average Bonchev–Trinajstić information content (AvgIpc) is 2.56. The van der Waals surface area contributed by atoms with E-state index in [0.717, 1.165) is 23.9 Å². The number of aromatic nitrogens is 2. The molecule has 2 nitrogen and oxygen atoms in total. The summed E-state index contributed by atoms with van der Waals surface area (Å²) in [5.41, 5.74) is 9.96. The molecule has 0 radical (unpaired) electrons.